The number of rotatable bonds is 7. The predicted octanol–water partition coefficient (Wildman–Crippen LogP) is 7.31. The van der Waals surface area contributed by atoms with Crippen molar-refractivity contribution in [3.63, 3.8) is 0 Å². The van der Waals surface area contributed by atoms with E-state index in [0.717, 1.165) is 17.6 Å². The molecule has 0 amide bonds. The van der Waals surface area contributed by atoms with E-state index in [1.165, 1.54) is 5.57 Å². The number of carbonyl (C=O) groups excluding carboxylic acids is 2. The maximum absolute atomic E-state index is 14.7. The van der Waals surface area contributed by atoms with Crippen LogP contribution in [0.4, 0.5) is 0 Å². The van der Waals surface area contributed by atoms with E-state index in [1.54, 1.807) is 24.3 Å². The van der Waals surface area contributed by atoms with Gasteiger partial charge in [0.15, 0.2) is 11.6 Å². The fraction of sp³-hybridized carbons (Fsp3) is 0.515. The van der Waals surface area contributed by atoms with Gasteiger partial charge in [0.05, 0.1) is 16.4 Å². The van der Waals surface area contributed by atoms with Crippen LogP contribution in [0.2, 0.25) is 0 Å². The molecule has 0 aromatic heterocycles. The molecule has 0 spiro atoms. The number of aliphatic hydroxyl groups is 2. The van der Waals surface area contributed by atoms with Crippen molar-refractivity contribution < 1.29 is 19.8 Å². The number of fused-ring (bicyclic) bond motifs is 1. The van der Waals surface area contributed by atoms with Crippen molar-refractivity contribution >= 4 is 17.3 Å². The fourth-order valence-corrected chi connectivity index (χ4v) is 7.52. The average molecular weight is 503 g/mol. The molecule has 0 heterocycles. The molecule has 4 fully saturated rings. The van der Waals surface area contributed by atoms with E-state index >= 15 is 0 Å². The Morgan fingerprint density at radius 2 is 1.49 bits per heavy atom. The Bertz CT molecular complexity index is 1240. The van der Waals surface area contributed by atoms with Crippen LogP contribution >= 0.6 is 0 Å². The number of Topliss-reactive ketones (excluding diaryl/α,β-unsaturated/α-hetero) is 2. The molecule has 1 aromatic carbocycles. The Kier molecular flexibility index (Phi) is 6.82. The van der Waals surface area contributed by atoms with Crippen molar-refractivity contribution in [2.45, 2.75) is 86.2 Å². The third-order valence-electron chi connectivity index (χ3n) is 9.39. The highest BCUT2D eigenvalue weighted by Crippen LogP contribution is 2.78. The van der Waals surface area contributed by atoms with Crippen LogP contribution in [-0.4, -0.2) is 27.4 Å². The van der Waals surface area contributed by atoms with E-state index in [-0.39, 0.29) is 29.5 Å². The van der Waals surface area contributed by atoms with Crippen molar-refractivity contribution in [1.29, 1.82) is 0 Å². The largest absolute Gasteiger partial charge is 0.507 e. The van der Waals surface area contributed by atoms with Gasteiger partial charge in [0.25, 0.3) is 0 Å². The van der Waals surface area contributed by atoms with Crippen LogP contribution in [0.3, 0.4) is 0 Å². The number of hydrogen-bond acceptors (Lipinski definition) is 4. The first-order chi connectivity index (χ1) is 17.3. The van der Waals surface area contributed by atoms with Crippen molar-refractivity contribution in [2.75, 3.05) is 0 Å². The van der Waals surface area contributed by atoms with E-state index in [1.807, 2.05) is 45.9 Å². The first-order valence-electron chi connectivity index (χ1n) is 13.5. The Morgan fingerprint density at radius 1 is 0.919 bits per heavy atom. The summed E-state index contributed by atoms with van der Waals surface area (Å²) in [6, 6.07) is 8.96. The van der Waals surface area contributed by atoms with E-state index in [2.05, 4.69) is 26.8 Å². The van der Waals surface area contributed by atoms with Gasteiger partial charge >= 0.3 is 0 Å². The van der Waals surface area contributed by atoms with E-state index in [0.29, 0.717) is 24.8 Å². The summed E-state index contributed by atoms with van der Waals surface area (Å²) in [6.07, 6.45) is 8.32. The lowest BCUT2D eigenvalue weighted by Gasteiger charge is -2.63. The molecule has 1 aromatic rings. The lowest BCUT2D eigenvalue weighted by atomic mass is 9.38. The molecule has 0 aliphatic heterocycles. The molecule has 4 aliphatic carbocycles. The summed E-state index contributed by atoms with van der Waals surface area (Å²) in [4.78, 5) is 29.1. The van der Waals surface area contributed by atoms with Gasteiger partial charge in [-0.2, -0.15) is 0 Å². The lowest BCUT2D eigenvalue weighted by Crippen LogP contribution is -2.74. The Morgan fingerprint density at radius 3 is 2.05 bits per heavy atom. The first kappa shape index (κ1) is 27.3. The van der Waals surface area contributed by atoms with Crippen LogP contribution < -0.4 is 0 Å². The van der Waals surface area contributed by atoms with E-state index in [9.17, 15) is 19.8 Å². The van der Waals surface area contributed by atoms with Crippen molar-refractivity contribution in [3.8, 4) is 0 Å². The third-order valence-corrected chi connectivity index (χ3v) is 9.39. The molecular formula is C33H42O4. The van der Waals surface area contributed by atoms with Gasteiger partial charge in [0, 0.05) is 11.0 Å². The summed E-state index contributed by atoms with van der Waals surface area (Å²) in [5.41, 5.74) is -1.21. The molecular weight excluding hydrogens is 460 g/mol. The highest BCUT2D eigenvalue weighted by molar-refractivity contribution is 6.24. The highest BCUT2D eigenvalue weighted by Gasteiger charge is 2.85. The minimum Gasteiger partial charge on any atom is -0.507 e. The molecule has 0 saturated heterocycles. The second kappa shape index (κ2) is 9.23. The zero-order valence-electron chi connectivity index (χ0n) is 23.4. The van der Waals surface area contributed by atoms with Gasteiger partial charge in [-0.25, -0.2) is 0 Å². The normalized spacial score (nSPS) is 35.3. The van der Waals surface area contributed by atoms with Gasteiger partial charge in [-0.05, 0) is 79.6 Å². The van der Waals surface area contributed by atoms with Crippen LogP contribution in [0.15, 0.2) is 70.9 Å². The Labute approximate surface area is 221 Å². The quantitative estimate of drug-likeness (QED) is 0.177. The molecule has 0 unspecified atom stereocenters. The van der Waals surface area contributed by atoms with Crippen molar-refractivity contribution in [2.24, 2.45) is 22.2 Å². The zero-order valence-corrected chi connectivity index (χ0v) is 23.4. The summed E-state index contributed by atoms with van der Waals surface area (Å²) < 4.78 is 0. The second-order valence-electron chi connectivity index (χ2n) is 12.6. The number of hydrogen-bond donors (Lipinski definition) is 2. The van der Waals surface area contributed by atoms with Crippen LogP contribution in [-0.2, 0) is 9.59 Å². The van der Waals surface area contributed by atoms with Crippen molar-refractivity contribution in [1.82, 2.24) is 0 Å². The second-order valence-corrected chi connectivity index (χ2v) is 12.6. The predicted molar refractivity (Wildman–Crippen MR) is 149 cm³/mol. The molecule has 0 radical (unpaired) electrons. The summed E-state index contributed by atoms with van der Waals surface area (Å²) in [6.45, 7) is 14.1. The number of benzene rings is 1. The van der Waals surface area contributed by atoms with Gasteiger partial charge in [-0.15, -0.1) is 0 Å². The molecule has 4 aliphatic rings. The Balaban J connectivity index is 2.10. The lowest BCUT2D eigenvalue weighted by molar-refractivity contribution is -0.199. The highest BCUT2D eigenvalue weighted by atomic mass is 16.3. The van der Waals surface area contributed by atoms with Crippen LogP contribution in [0, 0.1) is 22.2 Å². The number of aliphatic hydroxyl groups excluding tert-OH is 1. The first-order valence-corrected chi connectivity index (χ1v) is 13.5. The van der Waals surface area contributed by atoms with Gasteiger partial charge in [-0.1, -0.05) is 72.2 Å². The Hall–Kier alpha value is -2.72. The summed E-state index contributed by atoms with van der Waals surface area (Å²) in [5.74, 6) is -0.768. The van der Waals surface area contributed by atoms with Crippen LogP contribution in [0.25, 0.3) is 5.76 Å². The van der Waals surface area contributed by atoms with Crippen molar-refractivity contribution in [3.05, 3.63) is 76.4 Å². The molecule has 4 nitrogen and oxygen atoms in total. The smallest absolute Gasteiger partial charge is 0.179 e. The number of carbonyl (C=O) groups is 2. The van der Waals surface area contributed by atoms with E-state index in [4.69, 9.17) is 0 Å². The van der Waals surface area contributed by atoms with Gasteiger partial charge in [0.2, 0.25) is 0 Å². The van der Waals surface area contributed by atoms with Gasteiger partial charge in [0.1, 0.15) is 11.4 Å². The molecule has 4 saturated carbocycles. The number of ketones is 2. The molecule has 5 atom stereocenters. The zero-order chi connectivity index (χ0) is 27.4. The molecule has 37 heavy (non-hydrogen) atoms. The molecule has 4 bridgehead atoms. The maximum atomic E-state index is 14.7. The minimum atomic E-state index is -1.77. The average Bonchev–Trinajstić information content (AvgIpc) is 2.98. The third kappa shape index (κ3) is 3.74. The monoisotopic (exact) mass is 502 g/mol. The van der Waals surface area contributed by atoms with Crippen LogP contribution in [0.5, 0.6) is 0 Å². The molecule has 198 valence electrons. The number of allylic oxidation sites excluding steroid dienone is 6. The fourth-order valence-electron chi connectivity index (χ4n) is 7.52. The van der Waals surface area contributed by atoms with E-state index < -0.39 is 27.6 Å². The topological polar surface area (TPSA) is 74.6 Å². The molecule has 2 N–H and O–H groups in total. The van der Waals surface area contributed by atoms with Gasteiger partial charge < -0.3 is 10.2 Å². The maximum Gasteiger partial charge on any atom is 0.179 e. The molecule has 4 heteroatoms. The summed E-state index contributed by atoms with van der Waals surface area (Å²) in [5, 5.41) is 24.7. The van der Waals surface area contributed by atoms with Crippen LogP contribution in [0.1, 0.15) is 86.1 Å². The summed E-state index contributed by atoms with van der Waals surface area (Å²) in [7, 11) is 0. The standard InChI is InChI=1S/C33H42O4/c1-21(2)13-14-25-19-32(18-16-23(5)6)29(36)31(17-15-22(3)4)20-30(25,7)33(32,37)26(28(31)35)27(34)24-11-9-8-10-12-24/h8-13,15-16,25,34,37H,14,17-20H2,1-7H3/b27-26-/t25-,30+,31+,32+,33-/m1/s1. The SMILES string of the molecule is CC(C)=CC[C@@H]1C[C@@]2(CC=C(C)C)C(=O)[C@@]3(CC=C(C)C)C[C@]1(C)[C@]2(O)/C(=C(\O)c1ccccc1)C3=O. The molecule has 5 rings (SSSR count). The van der Waals surface area contributed by atoms with Gasteiger partial charge in [-0.3, -0.25) is 9.59 Å². The summed E-state index contributed by atoms with van der Waals surface area (Å²) >= 11 is 0. The minimum absolute atomic E-state index is 0.0119.